The summed E-state index contributed by atoms with van der Waals surface area (Å²) in [6.07, 6.45) is 2.32. The standard InChI is InChI=1S/C64H57N/c1-61(2)34-35-62(3,4)60-50(24-17-27-56(60)61)53-38-52-48-23-14-16-26-55(48)64(7,8)58(52)39-59(53)65(43-32-33-49-47-22-13-15-25-54(47)63(5,6)57(49)37-43)42-30-28-40(29-31-42)51-36-41-18-9-10-19-44(41)45-20-11-12-21-46(45)51/h9-33,36-39H,34-35H2,1-8H3. The summed E-state index contributed by atoms with van der Waals surface area (Å²) in [6.45, 7) is 19.5. The van der Waals surface area contributed by atoms with Gasteiger partial charge in [0.2, 0.25) is 0 Å². The highest BCUT2D eigenvalue weighted by Crippen LogP contribution is 2.57. The highest BCUT2D eigenvalue weighted by atomic mass is 15.1. The van der Waals surface area contributed by atoms with Crippen molar-refractivity contribution in [2.75, 3.05) is 4.90 Å². The molecule has 0 N–H and O–H groups in total. The van der Waals surface area contributed by atoms with E-state index in [1.54, 1.807) is 0 Å². The van der Waals surface area contributed by atoms with E-state index < -0.39 is 0 Å². The number of benzene rings is 9. The summed E-state index contributed by atoms with van der Waals surface area (Å²) in [5.41, 5.74) is 22.3. The molecule has 0 bridgehead atoms. The van der Waals surface area contributed by atoms with Crippen molar-refractivity contribution < 1.29 is 0 Å². The van der Waals surface area contributed by atoms with Crippen LogP contribution < -0.4 is 4.90 Å². The number of fused-ring (bicyclic) bond motifs is 10. The van der Waals surface area contributed by atoms with E-state index >= 15 is 0 Å². The van der Waals surface area contributed by atoms with E-state index in [0.717, 1.165) is 12.1 Å². The number of anilines is 3. The van der Waals surface area contributed by atoms with Crippen molar-refractivity contribution in [3.63, 3.8) is 0 Å². The van der Waals surface area contributed by atoms with Gasteiger partial charge in [0, 0.05) is 27.8 Å². The van der Waals surface area contributed by atoms with Crippen LogP contribution in [0.3, 0.4) is 0 Å². The van der Waals surface area contributed by atoms with E-state index in [9.17, 15) is 0 Å². The first kappa shape index (κ1) is 39.9. The summed E-state index contributed by atoms with van der Waals surface area (Å²) in [6, 6.07) is 67.2. The van der Waals surface area contributed by atoms with Gasteiger partial charge in [-0.25, -0.2) is 0 Å². The average Bonchev–Trinajstić information content (AvgIpc) is 3.69. The van der Waals surface area contributed by atoms with Crippen molar-refractivity contribution in [1.29, 1.82) is 0 Å². The Morgan fingerprint density at radius 2 is 0.877 bits per heavy atom. The normalized spacial score (nSPS) is 16.7. The lowest BCUT2D eigenvalue weighted by atomic mass is 9.61. The number of nitrogens with zero attached hydrogens (tertiary/aromatic N) is 1. The van der Waals surface area contributed by atoms with Crippen LogP contribution in [0.1, 0.15) is 102 Å². The average molecular weight is 840 g/mol. The quantitative estimate of drug-likeness (QED) is 0.156. The zero-order valence-electron chi connectivity index (χ0n) is 39.1. The summed E-state index contributed by atoms with van der Waals surface area (Å²) >= 11 is 0. The van der Waals surface area contributed by atoms with Crippen LogP contribution in [0.5, 0.6) is 0 Å². The topological polar surface area (TPSA) is 3.24 Å². The van der Waals surface area contributed by atoms with Gasteiger partial charge in [-0.05, 0) is 160 Å². The molecule has 0 spiro atoms. The predicted octanol–water partition coefficient (Wildman–Crippen LogP) is 17.8. The van der Waals surface area contributed by atoms with Gasteiger partial charge in [-0.15, -0.1) is 0 Å². The van der Waals surface area contributed by atoms with Crippen LogP contribution in [0, 0.1) is 0 Å². The third-order valence-corrected chi connectivity index (χ3v) is 16.1. The van der Waals surface area contributed by atoms with Crippen molar-refractivity contribution in [2.24, 2.45) is 0 Å². The molecule has 0 radical (unpaired) electrons. The molecular weight excluding hydrogens is 783 g/mol. The van der Waals surface area contributed by atoms with E-state index in [4.69, 9.17) is 0 Å². The number of rotatable bonds is 5. The molecule has 1 heteroatoms. The van der Waals surface area contributed by atoms with Crippen LogP contribution in [0.2, 0.25) is 0 Å². The van der Waals surface area contributed by atoms with Gasteiger partial charge in [-0.2, -0.15) is 0 Å². The van der Waals surface area contributed by atoms with Crippen LogP contribution in [0.15, 0.2) is 176 Å². The molecular formula is C64H57N. The second kappa shape index (κ2) is 13.9. The second-order valence-corrected chi connectivity index (χ2v) is 21.6. The molecule has 0 fully saturated rings. The van der Waals surface area contributed by atoms with Crippen molar-refractivity contribution in [3.8, 4) is 44.5 Å². The fraction of sp³-hybridized carbons (Fsp3) is 0.219. The molecule has 0 amide bonds. The third kappa shape index (κ3) is 5.83. The number of hydrogen-bond donors (Lipinski definition) is 0. The van der Waals surface area contributed by atoms with Gasteiger partial charge in [0.05, 0.1) is 5.69 Å². The van der Waals surface area contributed by atoms with Gasteiger partial charge < -0.3 is 4.90 Å². The second-order valence-electron chi connectivity index (χ2n) is 21.6. The molecule has 9 aromatic carbocycles. The van der Waals surface area contributed by atoms with E-state index in [1.807, 2.05) is 0 Å². The van der Waals surface area contributed by atoms with Gasteiger partial charge in [-0.3, -0.25) is 0 Å². The van der Waals surface area contributed by atoms with Crippen molar-refractivity contribution >= 4 is 38.6 Å². The molecule has 3 aliphatic carbocycles. The minimum absolute atomic E-state index is 0.00733. The third-order valence-electron chi connectivity index (χ3n) is 16.1. The maximum absolute atomic E-state index is 2.59. The first-order chi connectivity index (χ1) is 31.2. The Labute approximate surface area is 385 Å². The zero-order valence-corrected chi connectivity index (χ0v) is 39.1. The zero-order chi connectivity index (χ0) is 44.6. The fourth-order valence-electron chi connectivity index (χ4n) is 12.4. The minimum atomic E-state index is -0.176. The Bertz CT molecular complexity index is 3430. The summed E-state index contributed by atoms with van der Waals surface area (Å²) in [7, 11) is 0. The molecule has 3 aliphatic rings. The lowest BCUT2D eigenvalue weighted by molar-refractivity contribution is 0.333. The van der Waals surface area contributed by atoms with Crippen molar-refractivity contribution in [3.05, 3.63) is 209 Å². The molecule has 9 aromatic rings. The molecule has 0 aliphatic heterocycles. The van der Waals surface area contributed by atoms with Gasteiger partial charge in [0.25, 0.3) is 0 Å². The van der Waals surface area contributed by atoms with E-state index in [-0.39, 0.29) is 21.7 Å². The molecule has 0 atom stereocenters. The van der Waals surface area contributed by atoms with Gasteiger partial charge >= 0.3 is 0 Å². The monoisotopic (exact) mass is 839 g/mol. The van der Waals surface area contributed by atoms with Crippen LogP contribution >= 0.6 is 0 Å². The molecule has 12 rings (SSSR count). The first-order valence-corrected chi connectivity index (χ1v) is 23.7. The summed E-state index contributed by atoms with van der Waals surface area (Å²) in [5, 5.41) is 5.12. The van der Waals surface area contributed by atoms with Crippen LogP contribution in [-0.4, -0.2) is 0 Å². The SMILES string of the molecule is CC1(C)CCC(C)(C)c2c(-c3cc4c(cc3N(c3ccc(-c5cc6ccccc6c6ccccc56)cc3)c3ccc5c(c3)C(C)(C)c3ccccc3-5)C(C)(C)c3ccccc3-4)cccc21. The highest BCUT2D eigenvalue weighted by Gasteiger charge is 2.42. The Morgan fingerprint density at radius 3 is 1.60 bits per heavy atom. The van der Waals surface area contributed by atoms with Crippen molar-refractivity contribution in [2.45, 2.75) is 89.9 Å². The first-order valence-electron chi connectivity index (χ1n) is 23.7. The van der Waals surface area contributed by atoms with Gasteiger partial charge in [0.15, 0.2) is 0 Å². The van der Waals surface area contributed by atoms with E-state index in [0.29, 0.717) is 0 Å². The molecule has 0 saturated carbocycles. The fourth-order valence-corrected chi connectivity index (χ4v) is 12.4. The maximum atomic E-state index is 2.59. The smallest absolute Gasteiger partial charge is 0.0543 e. The summed E-state index contributed by atoms with van der Waals surface area (Å²) < 4.78 is 0. The van der Waals surface area contributed by atoms with E-state index in [2.05, 4.69) is 236 Å². The molecule has 1 nitrogen and oxygen atoms in total. The Hall–Kier alpha value is -6.70. The Morgan fingerprint density at radius 1 is 0.338 bits per heavy atom. The predicted molar refractivity (Wildman–Crippen MR) is 277 cm³/mol. The highest BCUT2D eigenvalue weighted by molar-refractivity contribution is 6.14. The van der Waals surface area contributed by atoms with Crippen molar-refractivity contribution in [1.82, 2.24) is 0 Å². The minimum Gasteiger partial charge on any atom is -0.310 e. The van der Waals surface area contributed by atoms with Gasteiger partial charge in [-0.1, -0.05) is 189 Å². The lowest BCUT2D eigenvalue weighted by Crippen LogP contribution is -2.34. The Kier molecular flexibility index (Phi) is 8.52. The lowest BCUT2D eigenvalue weighted by Gasteiger charge is -2.43. The van der Waals surface area contributed by atoms with E-state index in [1.165, 1.54) is 117 Å². The van der Waals surface area contributed by atoms with Crippen LogP contribution in [-0.2, 0) is 21.7 Å². The molecule has 0 aromatic heterocycles. The number of hydrogen-bond acceptors (Lipinski definition) is 1. The molecule has 0 saturated heterocycles. The molecule has 0 heterocycles. The molecule has 0 unspecified atom stereocenters. The largest absolute Gasteiger partial charge is 0.310 e. The van der Waals surface area contributed by atoms with Gasteiger partial charge in [0.1, 0.15) is 0 Å². The van der Waals surface area contributed by atoms with Crippen LogP contribution in [0.4, 0.5) is 17.1 Å². The summed E-state index contributed by atoms with van der Waals surface area (Å²) in [4.78, 5) is 2.59. The van der Waals surface area contributed by atoms with Crippen LogP contribution in [0.25, 0.3) is 66.1 Å². The molecule has 318 valence electrons. The Balaban J connectivity index is 1.14. The summed E-state index contributed by atoms with van der Waals surface area (Å²) in [5.74, 6) is 0. The maximum Gasteiger partial charge on any atom is 0.0543 e. The molecule has 65 heavy (non-hydrogen) atoms.